The molecule has 2 rings (SSSR count). The Morgan fingerprint density at radius 1 is 1.33 bits per heavy atom. The first-order chi connectivity index (χ1) is 8.43. The first-order valence-corrected chi connectivity index (χ1v) is 8.64. The van der Waals surface area contributed by atoms with E-state index < -0.39 is 15.8 Å². The predicted molar refractivity (Wildman–Crippen MR) is 74.6 cm³/mol. The number of halogens is 2. The van der Waals surface area contributed by atoms with Crippen molar-refractivity contribution >= 4 is 43.4 Å². The number of nitrogens with two attached hydrogens (primary N) is 1. The molecule has 0 bridgehead atoms. The van der Waals surface area contributed by atoms with Crippen LogP contribution in [0.4, 0.5) is 10.1 Å². The molecular weight excluding hydrogens is 343 g/mol. The second kappa shape index (κ2) is 5.36. The molecule has 8 heteroatoms. The van der Waals surface area contributed by atoms with E-state index in [9.17, 15) is 12.8 Å². The van der Waals surface area contributed by atoms with Gasteiger partial charge in [-0.25, -0.2) is 12.8 Å². The highest BCUT2D eigenvalue weighted by atomic mass is 79.9. The number of nitrogens with zero attached hydrogens (tertiary/aromatic N) is 1. The number of benzene rings is 1. The molecule has 2 N–H and O–H groups in total. The summed E-state index contributed by atoms with van der Waals surface area (Å²) in [6.07, 6.45) is 0. The quantitative estimate of drug-likeness (QED) is 0.824. The number of hydrogen-bond acceptors (Lipinski definition) is 4. The van der Waals surface area contributed by atoms with Gasteiger partial charge < -0.3 is 5.73 Å². The lowest BCUT2D eigenvalue weighted by molar-refractivity contribution is 0.443. The summed E-state index contributed by atoms with van der Waals surface area (Å²) in [6, 6.07) is 2.25. The van der Waals surface area contributed by atoms with Gasteiger partial charge in [0.05, 0.1) is 10.2 Å². The Hall–Kier alpha value is -0.310. The van der Waals surface area contributed by atoms with Crippen molar-refractivity contribution < 1.29 is 12.8 Å². The summed E-state index contributed by atoms with van der Waals surface area (Å²) in [5.74, 6) is 0.962. The van der Waals surface area contributed by atoms with Crippen LogP contribution in [0.1, 0.15) is 0 Å². The third-order valence-electron chi connectivity index (χ3n) is 2.64. The van der Waals surface area contributed by atoms with Crippen molar-refractivity contribution in [1.82, 2.24) is 4.31 Å². The molecule has 1 aromatic rings. The summed E-state index contributed by atoms with van der Waals surface area (Å²) in [6.45, 7) is 0.920. The third kappa shape index (κ3) is 2.66. The largest absolute Gasteiger partial charge is 0.398 e. The van der Waals surface area contributed by atoms with E-state index in [0.29, 0.717) is 13.1 Å². The highest BCUT2D eigenvalue weighted by molar-refractivity contribution is 9.10. The second-order valence-electron chi connectivity index (χ2n) is 3.82. The number of thioether (sulfide) groups is 1. The average Bonchev–Trinajstić information content (AvgIpc) is 2.34. The number of anilines is 1. The lowest BCUT2D eigenvalue weighted by Gasteiger charge is -2.26. The van der Waals surface area contributed by atoms with Gasteiger partial charge in [0.25, 0.3) is 0 Å². The van der Waals surface area contributed by atoms with Gasteiger partial charge in [0.15, 0.2) is 0 Å². The molecule has 0 unspecified atom stereocenters. The van der Waals surface area contributed by atoms with Crippen LogP contribution in [0, 0.1) is 5.82 Å². The molecule has 0 atom stereocenters. The van der Waals surface area contributed by atoms with E-state index in [-0.39, 0.29) is 15.1 Å². The number of sulfonamides is 1. The smallest absolute Gasteiger partial charge is 0.245 e. The summed E-state index contributed by atoms with van der Waals surface area (Å²) in [4.78, 5) is -0.0392. The van der Waals surface area contributed by atoms with Gasteiger partial charge in [-0.3, -0.25) is 0 Å². The molecule has 1 aromatic carbocycles. The molecule has 0 saturated carbocycles. The van der Waals surface area contributed by atoms with Gasteiger partial charge >= 0.3 is 0 Å². The maximum atomic E-state index is 13.3. The molecule has 1 heterocycles. The van der Waals surface area contributed by atoms with Crippen molar-refractivity contribution in [3.8, 4) is 0 Å². The van der Waals surface area contributed by atoms with Crippen molar-refractivity contribution in [3.05, 3.63) is 22.4 Å². The number of hydrogen-bond donors (Lipinski definition) is 1. The lowest BCUT2D eigenvalue weighted by atomic mass is 10.3. The maximum Gasteiger partial charge on any atom is 0.245 e. The van der Waals surface area contributed by atoms with Crippen LogP contribution in [0.15, 0.2) is 21.5 Å². The van der Waals surface area contributed by atoms with Crippen LogP contribution in [0.2, 0.25) is 0 Å². The molecule has 0 aliphatic carbocycles. The van der Waals surface area contributed by atoms with E-state index in [1.807, 2.05) is 0 Å². The molecular formula is C10H12BrFN2O2S2. The van der Waals surface area contributed by atoms with E-state index in [2.05, 4.69) is 15.9 Å². The zero-order chi connectivity index (χ0) is 13.3. The van der Waals surface area contributed by atoms with Gasteiger partial charge in [-0.15, -0.1) is 0 Å². The number of rotatable bonds is 2. The van der Waals surface area contributed by atoms with Crippen LogP contribution in [-0.4, -0.2) is 37.3 Å². The van der Waals surface area contributed by atoms with Crippen molar-refractivity contribution in [2.45, 2.75) is 4.90 Å². The van der Waals surface area contributed by atoms with Crippen molar-refractivity contribution in [2.24, 2.45) is 0 Å². The lowest BCUT2D eigenvalue weighted by Crippen LogP contribution is -2.38. The van der Waals surface area contributed by atoms with Crippen LogP contribution in [0.3, 0.4) is 0 Å². The predicted octanol–water partition coefficient (Wildman–Crippen LogP) is 1.91. The Labute approximate surface area is 118 Å². The minimum absolute atomic E-state index is 0.0392. The van der Waals surface area contributed by atoms with Crippen LogP contribution < -0.4 is 5.73 Å². The molecule has 100 valence electrons. The van der Waals surface area contributed by atoms with Gasteiger partial charge in [0.2, 0.25) is 10.0 Å². The SMILES string of the molecule is Nc1cc(F)c(Br)cc1S(=O)(=O)N1CCSCC1. The Bertz CT molecular complexity index is 559. The molecule has 18 heavy (non-hydrogen) atoms. The minimum atomic E-state index is -3.63. The molecule has 0 aromatic heterocycles. The minimum Gasteiger partial charge on any atom is -0.398 e. The normalized spacial score (nSPS) is 17.9. The fourth-order valence-electron chi connectivity index (χ4n) is 1.69. The highest BCUT2D eigenvalue weighted by Crippen LogP contribution is 2.29. The van der Waals surface area contributed by atoms with Crippen LogP contribution in [0.25, 0.3) is 0 Å². The highest BCUT2D eigenvalue weighted by Gasteiger charge is 2.28. The molecule has 1 saturated heterocycles. The fraction of sp³-hybridized carbons (Fsp3) is 0.400. The van der Waals surface area contributed by atoms with Crippen molar-refractivity contribution in [3.63, 3.8) is 0 Å². The van der Waals surface area contributed by atoms with Gasteiger partial charge in [-0.2, -0.15) is 16.1 Å². The van der Waals surface area contributed by atoms with E-state index in [1.165, 1.54) is 10.4 Å². The molecule has 0 amide bonds. The Morgan fingerprint density at radius 3 is 2.56 bits per heavy atom. The molecule has 1 fully saturated rings. The Balaban J connectivity index is 2.43. The van der Waals surface area contributed by atoms with E-state index >= 15 is 0 Å². The first-order valence-electron chi connectivity index (χ1n) is 5.25. The summed E-state index contributed by atoms with van der Waals surface area (Å²) in [5.41, 5.74) is 5.55. The number of nitrogen functional groups attached to an aromatic ring is 1. The topological polar surface area (TPSA) is 63.4 Å². The Morgan fingerprint density at radius 2 is 1.94 bits per heavy atom. The van der Waals surface area contributed by atoms with Crippen molar-refractivity contribution in [2.75, 3.05) is 30.3 Å². The first kappa shape index (κ1) is 14.1. The summed E-state index contributed by atoms with van der Waals surface area (Å²) in [7, 11) is -3.63. The monoisotopic (exact) mass is 354 g/mol. The van der Waals surface area contributed by atoms with Crippen molar-refractivity contribution in [1.29, 1.82) is 0 Å². The molecule has 1 aliphatic heterocycles. The summed E-state index contributed by atoms with van der Waals surface area (Å²) < 4.78 is 39.5. The zero-order valence-corrected chi connectivity index (χ0v) is 12.6. The molecule has 0 spiro atoms. The second-order valence-corrected chi connectivity index (χ2v) is 7.81. The third-order valence-corrected chi connectivity index (χ3v) is 6.15. The summed E-state index contributed by atoms with van der Waals surface area (Å²) in [5, 5.41) is 0. The average molecular weight is 355 g/mol. The molecule has 1 aliphatic rings. The zero-order valence-electron chi connectivity index (χ0n) is 9.40. The molecule has 4 nitrogen and oxygen atoms in total. The van der Waals surface area contributed by atoms with Crippen LogP contribution in [0.5, 0.6) is 0 Å². The fourth-order valence-corrected chi connectivity index (χ4v) is 4.89. The standard InChI is InChI=1S/C10H12BrFN2O2S2/c11-7-5-10(9(13)6-8(7)12)18(15,16)14-1-3-17-4-2-14/h5-6H,1-4,13H2. The Kier molecular flexibility index (Phi) is 4.20. The van der Waals surface area contributed by atoms with Gasteiger partial charge in [0.1, 0.15) is 10.7 Å². The maximum absolute atomic E-state index is 13.3. The van der Waals surface area contributed by atoms with Gasteiger partial charge in [-0.05, 0) is 28.1 Å². The van der Waals surface area contributed by atoms with Crippen LogP contribution >= 0.6 is 27.7 Å². The van der Waals surface area contributed by atoms with E-state index in [4.69, 9.17) is 5.73 Å². The van der Waals surface area contributed by atoms with E-state index in [1.54, 1.807) is 11.8 Å². The summed E-state index contributed by atoms with van der Waals surface area (Å²) >= 11 is 4.69. The van der Waals surface area contributed by atoms with Crippen LogP contribution in [-0.2, 0) is 10.0 Å². The van der Waals surface area contributed by atoms with Gasteiger partial charge in [-0.1, -0.05) is 0 Å². The van der Waals surface area contributed by atoms with Gasteiger partial charge in [0, 0.05) is 24.6 Å². The van der Waals surface area contributed by atoms with E-state index in [0.717, 1.165) is 17.6 Å². The molecule has 0 radical (unpaired) electrons.